The number of halogens is 1. The minimum absolute atomic E-state index is 0.210. The van der Waals surface area contributed by atoms with Crippen molar-refractivity contribution in [1.29, 1.82) is 0 Å². The van der Waals surface area contributed by atoms with Gasteiger partial charge in [0.1, 0.15) is 0 Å². The summed E-state index contributed by atoms with van der Waals surface area (Å²) in [5.74, 6) is 0. The molecule has 2 N–H and O–H groups in total. The number of hydrogen-bond acceptors (Lipinski definition) is 1. The minimum atomic E-state index is 0.210. The van der Waals surface area contributed by atoms with Crippen molar-refractivity contribution in [3.8, 4) is 0 Å². The molecule has 0 aliphatic carbocycles. The second kappa shape index (κ2) is 5.71. The van der Waals surface area contributed by atoms with Crippen LogP contribution in [0.5, 0.6) is 0 Å². The lowest BCUT2D eigenvalue weighted by atomic mass is 10.0. The topological polar surface area (TPSA) is 26.0 Å². The summed E-state index contributed by atoms with van der Waals surface area (Å²) >= 11 is 2.39. The van der Waals surface area contributed by atoms with Crippen molar-refractivity contribution in [2.24, 2.45) is 5.73 Å². The maximum Gasteiger partial charge on any atom is 0.0305 e. The van der Waals surface area contributed by atoms with Crippen LogP contribution in [0.3, 0.4) is 0 Å². The Morgan fingerprint density at radius 3 is 2.79 bits per heavy atom. The van der Waals surface area contributed by atoms with E-state index in [4.69, 9.17) is 5.73 Å². The van der Waals surface area contributed by atoms with Gasteiger partial charge in [-0.15, -0.1) is 0 Å². The fourth-order valence-corrected chi connectivity index (χ4v) is 2.30. The third-order valence-corrected chi connectivity index (χ3v) is 3.96. The van der Waals surface area contributed by atoms with E-state index < -0.39 is 0 Å². The summed E-state index contributed by atoms with van der Waals surface area (Å²) < 4.78 is 1.33. The van der Waals surface area contributed by atoms with E-state index in [0.717, 1.165) is 6.42 Å². The molecule has 1 nitrogen and oxygen atoms in total. The Morgan fingerprint density at radius 2 is 2.14 bits per heavy atom. The Balaban J connectivity index is 2.79. The van der Waals surface area contributed by atoms with Crippen LogP contribution in [-0.4, -0.2) is 0 Å². The number of unbranched alkanes of at least 4 members (excludes halogenated alkanes) is 1. The number of nitrogens with two attached hydrogens (primary N) is 1. The lowest BCUT2D eigenvalue weighted by molar-refractivity contribution is 0.601. The van der Waals surface area contributed by atoms with Gasteiger partial charge in [-0.1, -0.05) is 38.0 Å². The van der Waals surface area contributed by atoms with Crippen LogP contribution in [0.4, 0.5) is 0 Å². The Hall–Kier alpha value is -0.0900. The predicted octanol–water partition coefficient (Wildman–Crippen LogP) is 3.79. The van der Waals surface area contributed by atoms with Gasteiger partial charge in [0.15, 0.2) is 0 Å². The van der Waals surface area contributed by atoms with Crippen LogP contribution in [0.1, 0.15) is 43.4 Å². The van der Waals surface area contributed by atoms with Crippen LogP contribution in [-0.2, 0) is 0 Å². The molecular formula is C12H18IN. The van der Waals surface area contributed by atoms with E-state index in [1.807, 2.05) is 0 Å². The van der Waals surface area contributed by atoms with Crippen molar-refractivity contribution in [3.05, 3.63) is 32.9 Å². The van der Waals surface area contributed by atoms with Crippen LogP contribution in [0.15, 0.2) is 18.2 Å². The molecule has 0 saturated heterocycles. The maximum absolute atomic E-state index is 6.15. The number of rotatable bonds is 4. The van der Waals surface area contributed by atoms with Crippen molar-refractivity contribution < 1.29 is 0 Å². The van der Waals surface area contributed by atoms with Gasteiger partial charge in [-0.05, 0) is 47.1 Å². The normalized spacial score (nSPS) is 12.9. The molecule has 0 fully saturated rings. The molecule has 1 aromatic rings. The third kappa shape index (κ3) is 2.95. The van der Waals surface area contributed by atoms with Crippen LogP contribution >= 0.6 is 22.6 Å². The summed E-state index contributed by atoms with van der Waals surface area (Å²) in [5, 5.41) is 0. The fourth-order valence-electron chi connectivity index (χ4n) is 1.54. The van der Waals surface area contributed by atoms with Crippen LogP contribution in [0.2, 0.25) is 0 Å². The van der Waals surface area contributed by atoms with Crippen molar-refractivity contribution in [2.75, 3.05) is 0 Å². The quantitative estimate of drug-likeness (QED) is 0.842. The number of hydrogen-bond donors (Lipinski definition) is 1. The van der Waals surface area contributed by atoms with Gasteiger partial charge in [0.25, 0.3) is 0 Å². The van der Waals surface area contributed by atoms with Gasteiger partial charge in [-0.25, -0.2) is 0 Å². The Morgan fingerprint density at radius 1 is 1.43 bits per heavy atom. The first kappa shape index (κ1) is 12.0. The van der Waals surface area contributed by atoms with Crippen molar-refractivity contribution >= 4 is 22.6 Å². The molecule has 0 aromatic heterocycles. The van der Waals surface area contributed by atoms with Gasteiger partial charge >= 0.3 is 0 Å². The molecule has 1 unspecified atom stereocenters. The Labute approximate surface area is 100 Å². The van der Waals surface area contributed by atoms with E-state index >= 15 is 0 Å². The molecule has 14 heavy (non-hydrogen) atoms. The van der Waals surface area contributed by atoms with Gasteiger partial charge in [0, 0.05) is 9.61 Å². The van der Waals surface area contributed by atoms with Crippen molar-refractivity contribution in [3.63, 3.8) is 0 Å². The van der Waals surface area contributed by atoms with E-state index in [2.05, 4.69) is 54.6 Å². The van der Waals surface area contributed by atoms with E-state index in [1.165, 1.54) is 27.5 Å². The second-order valence-corrected chi connectivity index (χ2v) is 4.81. The van der Waals surface area contributed by atoms with Crippen molar-refractivity contribution in [1.82, 2.24) is 0 Å². The highest BCUT2D eigenvalue weighted by molar-refractivity contribution is 14.1. The first-order valence-corrected chi connectivity index (χ1v) is 6.25. The van der Waals surface area contributed by atoms with Crippen LogP contribution < -0.4 is 5.73 Å². The molecule has 0 aliphatic heterocycles. The van der Waals surface area contributed by atoms with Crippen molar-refractivity contribution in [2.45, 2.75) is 39.2 Å². The van der Waals surface area contributed by atoms with Gasteiger partial charge in [0.05, 0.1) is 0 Å². The lowest BCUT2D eigenvalue weighted by Crippen LogP contribution is -2.12. The van der Waals surface area contributed by atoms with Crippen LogP contribution in [0.25, 0.3) is 0 Å². The predicted molar refractivity (Wildman–Crippen MR) is 70.3 cm³/mol. The zero-order chi connectivity index (χ0) is 10.6. The summed E-state index contributed by atoms with van der Waals surface area (Å²) in [6, 6.07) is 6.59. The SMILES string of the molecule is CCCCC(N)c1cccc(C)c1I. The first-order valence-electron chi connectivity index (χ1n) is 5.17. The molecule has 2 heteroatoms. The first-order chi connectivity index (χ1) is 6.66. The molecule has 0 spiro atoms. The molecule has 1 aromatic carbocycles. The molecule has 0 saturated carbocycles. The van der Waals surface area contributed by atoms with E-state index in [1.54, 1.807) is 0 Å². The largest absolute Gasteiger partial charge is 0.324 e. The van der Waals surface area contributed by atoms with Gasteiger partial charge in [-0.3, -0.25) is 0 Å². The van der Waals surface area contributed by atoms with Gasteiger partial charge in [0.2, 0.25) is 0 Å². The van der Waals surface area contributed by atoms with E-state index in [9.17, 15) is 0 Å². The van der Waals surface area contributed by atoms with Gasteiger partial charge < -0.3 is 5.73 Å². The smallest absolute Gasteiger partial charge is 0.0305 e. The molecule has 0 aliphatic rings. The minimum Gasteiger partial charge on any atom is -0.324 e. The third-order valence-electron chi connectivity index (χ3n) is 2.49. The zero-order valence-electron chi connectivity index (χ0n) is 8.89. The highest BCUT2D eigenvalue weighted by atomic mass is 127. The summed E-state index contributed by atoms with van der Waals surface area (Å²) in [6.07, 6.45) is 3.53. The summed E-state index contributed by atoms with van der Waals surface area (Å²) in [4.78, 5) is 0. The molecule has 1 atom stereocenters. The Kier molecular flexibility index (Phi) is 4.89. The standard InChI is InChI=1S/C12H18IN/c1-3-4-8-11(14)10-7-5-6-9(2)12(10)13/h5-7,11H,3-4,8,14H2,1-2H3. The molecule has 0 bridgehead atoms. The summed E-state index contributed by atoms with van der Waals surface area (Å²) in [7, 11) is 0. The summed E-state index contributed by atoms with van der Waals surface area (Å²) in [6.45, 7) is 4.34. The second-order valence-electron chi connectivity index (χ2n) is 3.73. The molecular weight excluding hydrogens is 285 g/mol. The average molecular weight is 303 g/mol. The summed E-state index contributed by atoms with van der Waals surface area (Å²) in [5.41, 5.74) is 8.78. The highest BCUT2D eigenvalue weighted by Gasteiger charge is 2.09. The van der Waals surface area contributed by atoms with E-state index in [0.29, 0.717) is 0 Å². The van der Waals surface area contributed by atoms with E-state index in [-0.39, 0.29) is 6.04 Å². The maximum atomic E-state index is 6.15. The number of benzene rings is 1. The van der Waals surface area contributed by atoms with Crippen LogP contribution in [0, 0.1) is 10.5 Å². The lowest BCUT2D eigenvalue weighted by Gasteiger charge is -2.14. The molecule has 78 valence electrons. The molecule has 1 rings (SSSR count). The Bertz CT molecular complexity index is 296. The molecule has 0 radical (unpaired) electrons. The zero-order valence-corrected chi connectivity index (χ0v) is 11.0. The highest BCUT2D eigenvalue weighted by Crippen LogP contribution is 2.24. The number of aryl methyl sites for hydroxylation is 1. The molecule has 0 heterocycles. The van der Waals surface area contributed by atoms with Gasteiger partial charge in [-0.2, -0.15) is 0 Å². The monoisotopic (exact) mass is 303 g/mol. The molecule has 0 amide bonds. The fraction of sp³-hybridized carbons (Fsp3) is 0.500. The average Bonchev–Trinajstić information content (AvgIpc) is 2.18.